The smallest absolute Gasteiger partial charge is 0.304 e. The molecular formula is C42H35Cl2N5O7S2. The van der Waals surface area contributed by atoms with Crippen LogP contribution in [0.5, 0.6) is 5.75 Å². The molecule has 0 aliphatic carbocycles. The summed E-state index contributed by atoms with van der Waals surface area (Å²) in [6.07, 6.45) is -0.0490. The van der Waals surface area contributed by atoms with Gasteiger partial charge in [0.15, 0.2) is 10.3 Å². The van der Waals surface area contributed by atoms with Crippen molar-refractivity contribution < 1.29 is 34.1 Å². The molecule has 0 unspecified atom stereocenters. The van der Waals surface area contributed by atoms with Gasteiger partial charge in [-0.05, 0) is 60.4 Å². The highest BCUT2D eigenvalue weighted by Gasteiger charge is 2.25. The number of halogens is 2. The Kier molecular flexibility index (Phi) is 15.5. The van der Waals surface area contributed by atoms with Crippen LogP contribution in [0, 0.1) is 23.2 Å². The van der Waals surface area contributed by atoms with E-state index in [4.69, 9.17) is 33.2 Å². The first-order chi connectivity index (χ1) is 27.9. The van der Waals surface area contributed by atoms with Gasteiger partial charge in [0.2, 0.25) is 11.8 Å². The van der Waals surface area contributed by atoms with Crippen molar-refractivity contribution in [3.8, 4) is 34.3 Å². The molecule has 6 rings (SSSR count). The van der Waals surface area contributed by atoms with Gasteiger partial charge in [0.05, 0.1) is 54.8 Å². The van der Waals surface area contributed by atoms with Gasteiger partial charge in [-0.2, -0.15) is 5.26 Å². The number of aliphatic carboxylic acids is 2. The Labute approximate surface area is 351 Å². The fourth-order valence-corrected chi connectivity index (χ4v) is 7.54. The van der Waals surface area contributed by atoms with Gasteiger partial charge in [0, 0.05) is 31.9 Å². The van der Waals surface area contributed by atoms with Crippen molar-refractivity contribution in [2.75, 3.05) is 17.7 Å². The van der Waals surface area contributed by atoms with E-state index in [-0.39, 0.29) is 25.2 Å². The number of carbonyl (C=O) groups excluding carboxylic acids is 2. The second-order valence-electron chi connectivity index (χ2n) is 12.7. The Bertz CT molecular complexity index is 2410. The van der Waals surface area contributed by atoms with E-state index in [0.29, 0.717) is 49.4 Å². The minimum absolute atomic E-state index is 0.243. The molecule has 0 aliphatic heterocycles. The number of nitrogens with one attached hydrogen (secondary N) is 2. The highest BCUT2D eigenvalue weighted by Crippen LogP contribution is 2.32. The van der Waals surface area contributed by atoms with Crippen LogP contribution in [0.1, 0.15) is 29.5 Å². The molecule has 2 atom stereocenters. The number of methoxy groups -OCH3 is 1. The third-order valence-electron chi connectivity index (χ3n) is 8.56. The average Bonchev–Trinajstić information content (AvgIpc) is 3.88. The molecule has 6 aromatic rings. The fourth-order valence-electron chi connectivity index (χ4n) is 5.65. The van der Waals surface area contributed by atoms with Crippen molar-refractivity contribution >= 4 is 79.9 Å². The summed E-state index contributed by atoms with van der Waals surface area (Å²) in [5, 5.41) is 38.2. The molecule has 0 aliphatic rings. The van der Waals surface area contributed by atoms with Gasteiger partial charge in [-0.25, -0.2) is 9.97 Å². The maximum absolute atomic E-state index is 12.7. The maximum Gasteiger partial charge on any atom is 0.304 e. The summed E-state index contributed by atoms with van der Waals surface area (Å²) in [6, 6.07) is 30.5. The Morgan fingerprint density at radius 3 is 1.48 bits per heavy atom. The largest absolute Gasteiger partial charge is 0.497 e. The molecular weight excluding hydrogens is 822 g/mol. The number of hydrogen-bond donors (Lipinski definition) is 4. The zero-order valence-electron chi connectivity index (χ0n) is 30.7. The van der Waals surface area contributed by atoms with Crippen LogP contribution in [0.15, 0.2) is 108 Å². The van der Waals surface area contributed by atoms with Crippen LogP contribution in [-0.4, -0.2) is 51.0 Å². The summed E-state index contributed by atoms with van der Waals surface area (Å²) < 4.78 is 5.12. The van der Waals surface area contributed by atoms with Gasteiger partial charge < -0.3 is 25.6 Å². The van der Waals surface area contributed by atoms with Crippen LogP contribution in [0.3, 0.4) is 0 Å². The number of aromatic nitrogens is 2. The number of nitriles is 1. The van der Waals surface area contributed by atoms with Gasteiger partial charge in [0.25, 0.3) is 0 Å². The standard InChI is InChI=1S/C21H16ClN3O3S.C21H19ClN2O4S/c22-17-4-2-1-3-16(17)18-12-29-21(24-18)25-20(28)15(10-19(26)27)9-13-5-7-14(11-23)8-6-13;1-28-15-8-6-13(7-9-15)10-14(11-19(25)26)20(27)24-21-23-18(12-29-21)16-4-2-3-5-17(16)22/h1-8,12,15H,9-10H2,(H,26,27)(H,24,25,28);2-9,12,14H,10-11H2,1H3,(H,25,26)(H,23,24,27)/t15-;14-/m11/s1. The van der Waals surface area contributed by atoms with Crippen molar-refractivity contribution in [2.45, 2.75) is 25.7 Å². The predicted molar refractivity (Wildman–Crippen MR) is 225 cm³/mol. The van der Waals surface area contributed by atoms with E-state index < -0.39 is 29.7 Å². The van der Waals surface area contributed by atoms with Crippen LogP contribution >= 0.6 is 45.9 Å². The number of amides is 2. The lowest BCUT2D eigenvalue weighted by molar-refractivity contribution is -0.140. The van der Waals surface area contributed by atoms with Crippen molar-refractivity contribution in [2.24, 2.45) is 11.8 Å². The fraction of sp³-hybridized carbons (Fsp3) is 0.167. The quantitative estimate of drug-likeness (QED) is 0.0774. The molecule has 2 amide bonds. The molecule has 296 valence electrons. The van der Waals surface area contributed by atoms with E-state index in [0.717, 1.165) is 22.3 Å². The van der Waals surface area contributed by atoms with Gasteiger partial charge in [0.1, 0.15) is 5.75 Å². The Morgan fingerprint density at radius 1 is 0.690 bits per heavy atom. The number of nitrogens with zero attached hydrogens (tertiary/aromatic N) is 3. The summed E-state index contributed by atoms with van der Waals surface area (Å²) in [6.45, 7) is 0. The summed E-state index contributed by atoms with van der Waals surface area (Å²) in [5.74, 6) is -3.70. The van der Waals surface area contributed by atoms with E-state index in [1.165, 1.54) is 22.7 Å². The Morgan fingerprint density at radius 2 is 1.10 bits per heavy atom. The molecule has 4 N–H and O–H groups in total. The Hall–Kier alpha value is -6.11. The number of rotatable bonds is 15. The normalized spacial score (nSPS) is 11.6. The van der Waals surface area contributed by atoms with Crippen LogP contribution in [0.4, 0.5) is 10.3 Å². The lowest BCUT2D eigenvalue weighted by Gasteiger charge is -2.14. The SMILES string of the molecule is COc1ccc(C[C@H](CC(=O)O)C(=O)Nc2nc(-c3ccccc3Cl)cs2)cc1.N#Cc1ccc(C[C@H](CC(=O)O)C(=O)Nc2nc(-c3ccccc3Cl)cs2)cc1. The highest BCUT2D eigenvalue weighted by atomic mass is 35.5. The molecule has 16 heteroatoms. The first-order valence-electron chi connectivity index (χ1n) is 17.5. The van der Waals surface area contributed by atoms with Crippen LogP contribution < -0.4 is 15.4 Å². The van der Waals surface area contributed by atoms with E-state index >= 15 is 0 Å². The van der Waals surface area contributed by atoms with Crippen LogP contribution in [0.2, 0.25) is 10.0 Å². The number of thiazole rings is 2. The number of ether oxygens (including phenoxy) is 1. The van der Waals surface area contributed by atoms with E-state index in [1.54, 1.807) is 66.4 Å². The first kappa shape index (κ1) is 43.0. The number of carboxylic acid groups (broad SMARTS) is 2. The third kappa shape index (κ3) is 12.4. The van der Waals surface area contributed by atoms with Crippen molar-refractivity contribution in [3.63, 3.8) is 0 Å². The minimum atomic E-state index is -1.06. The molecule has 0 radical (unpaired) electrons. The van der Waals surface area contributed by atoms with Crippen LogP contribution in [-0.2, 0) is 32.0 Å². The number of hydrogen-bond acceptors (Lipinski definition) is 10. The second kappa shape index (κ2) is 20.9. The molecule has 0 bridgehead atoms. The molecule has 2 aromatic heterocycles. The van der Waals surface area contributed by atoms with Gasteiger partial charge >= 0.3 is 11.9 Å². The first-order valence-corrected chi connectivity index (χ1v) is 20.0. The molecule has 0 saturated carbocycles. The van der Waals surface area contributed by atoms with Crippen molar-refractivity contribution in [3.05, 3.63) is 135 Å². The molecule has 58 heavy (non-hydrogen) atoms. The number of carbonyl (C=O) groups is 4. The third-order valence-corrected chi connectivity index (χ3v) is 10.7. The van der Waals surface area contributed by atoms with Crippen LogP contribution in [0.25, 0.3) is 22.5 Å². The van der Waals surface area contributed by atoms with Gasteiger partial charge in [-0.3, -0.25) is 19.2 Å². The monoisotopic (exact) mass is 855 g/mol. The molecule has 12 nitrogen and oxygen atoms in total. The van der Waals surface area contributed by atoms with E-state index in [2.05, 4.69) is 20.6 Å². The molecule has 0 spiro atoms. The Balaban J connectivity index is 0.000000221. The van der Waals surface area contributed by atoms with Gasteiger partial charge in [-0.15, -0.1) is 22.7 Å². The summed E-state index contributed by atoms with van der Waals surface area (Å²) in [7, 11) is 1.57. The maximum atomic E-state index is 12.7. The average molecular weight is 857 g/mol. The topological polar surface area (TPSA) is 192 Å². The summed E-state index contributed by atoms with van der Waals surface area (Å²) in [5.41, 5.74) is 4.95. The molecule has 0 saturated heterocycles. The van der Waals surface area contributed by atoms with Gasteiger partial charge in [-0.1, -0.05) is 83.9 Å². The number of carboxylic acids is 2. The van der Waals surface area contributed by atoms with E-state index in [9.17, 15) is 29.4 Å². The molecule has 2 heterocycles. The zero-order chi connectivity index (χ0) is 41.6. The molecule has 0 fully saturated rings. The van der Waals surface area contributed by atoms with Crippen molar-refractivity contribution in [1.29, 1.82) is 5.26 Å². The van der Waals surface area contributed by atoms with E-state index in [1.807, 2.05) is 54.6 Å². The zero-order valence-corrected chi connectivity index (χ0v) is 33.9. The number of benzene rings is 4. The highest BCUT2D eigenvalue weighted by molar-refractivity contribution is 7.14. The number of anilines is 2. The van der Waals surface area contributed by atoms with Crippen molar-refractivity contribution in [1.82, 2.24) is 9.97 Å². The second-order valence-corrected chi connectivity index (χ2v) is 15.2. The summed E-state index contributed by atoms with van der Waals surface area (Å²) >= 11 is 14.9. The summed E-state index contributed by atoms with van der Waals surface area (Å²) in [4.78, 5) is 56.7. The predicted octanol–water partition coefficient (Wildman–Crippen LogP) is 9.35. The minimum Gasteiger partial charge on any atom is -0.497 e. The lowest BCUT2D eigenvalue weighted by Crippen LogP contribution is -2.27. The molecule has 4 aromatic carbocycles. The lowest BCUT2D eigenvalue weighted by atomic mass is 9.95.